The van der Waals surface area contributed by atoms with Crippen LogP contribution in [0, 0.1) is 5.92 Å². The largest absolute Gasteiger partial charge is 0.507 e. The van der Waals surface area contributed by atoms with Gasteiger partial charge in [-0.2, -0.15) is 0 Å². The average Bonchev–Trinajstić information content (AvgIpc) is 2.40. The van der Waals surface area contributed by atoms with Crippen molar-refractivity contribution in [1.82, 2.24) is 4.90 Å². The number of hydrogen-bond acceptors (Lipinski definition) is 3. The normalized spacial score (nSPS) is 23.4. The van der Waals surface area contributed by atoms with E-state index in [-0.39, 0.29) is 17.7 Å². The van der Waals surface area contributed by atoms with Crippen LogP contribution in [0.3, 0.4) is 0 Å². The lowest BCUT2D eigenvalue weighted by atomic mass is 9.90. The lowest BCUT2D eigenvalue weighted by molar-refractivity contribution is 0.0532. The van der Waals surface area contributed by atoms with Crippen LogP contribution in [0.4, 0.5) is 0 Å². The number of piperidine rings is 1. The number of phenols is 1. The van der Waals surface area contributed by atoms with E-state index in [0.29, 0.717) is 22.5 Å². The zero-order valence-corrected chi connectivity index (χ0v) is 12.6. The van der Waals surface area contributed by atoms with Gasteiger partial charge in [-0.3, -0.25) is 4.79 Å². The summed E-state index contributed by atoms with van der Waals surface area (Å²) < 4.78 is 0.589. The zero-order chi connectivity index (χ0) is 14.0. The van der Waals surface area contributed by atoms with Gasteiger partial charge < -0.3 is 15.7 Å². The van der Waals surface area contributed by atoms with Gasteiger partial charge >= 0.3 is 0 Å². The van der Waals surface area contributed by atoms with Crippen molar-refractivity contribution in [3.63, 3.8) is 0 Å². The fraction of sp³-hybridized carbons (Fsp3) is 0.500. The molecular formula is C14H19BrN2O2. The summed E-state index contributed by atoms with van der Waals surface area (Å²) in [5, 5.41) is 9.68. The average molecular weight is 327 g/mol. The van der Waals surface area contributed by atoms with Crippen LogP contribution in [-0.2, 0) is 0 Å². The first-order valence-electron chi connectivity index (χ1n) is 6.54. The molecule has 1 heterocycles. The third kappa shape index (κ3) is 2.92. The van der Waals surface area contributed by atoms with E-state index in [1.54, 1.807) is 12.1 Å². The Hall–Kier alpha value is -1.07. The summed E-state index contributed by atoms with van der Waals surface area (Å²) in [6, 6.07) is 5.00. The summed E-state index contributed by atoms with van der Waals surface area (Å²) >= 11 is 3.21. The first-order valence-corrected chi connectivity index (χ1v) is 7.33. The second-order valence-electron chi connectivity index (χ2n) is 5.09. The number of hydrogen-bond donors (Lipinski definition) is 2. The molecule has 5 heteroatoms. The van der Waals surface area contributed by atoms with E-state index in [2.05, 4.69) is 22.9 Å². The molecule has 0 saturated carbocycles. The van der Waals surface area contributed by atoms with Gasteiger partial charge in [-0.15, -0.1) is 0 Å². The Morgan fingerprint density at radius 1 is 1.58 bits per heavy atom. The summed E-state index contributed by atoms with van der Waals surface area (Å²) in [6.45, 7) is 3.35. The van der Waals surface area contributed by atoms with Crippen molar-refractivity contribution >= 4 is 21.8 Å². The number of amides is 1. The molecule has 3 N–H and O–H groups in total. The number of carbonyl (C=O) groups is 1. The molecule has 104 valence electrons. The lowest BCUT2D eigenvalue weighted by Gasteiger charge is -2.39. The quantitative estimate of drug-likeness (QED) is 0.876. The Morgan fingerprint density at radius 2 is 2.32 bits per heavy atom. The van der Waals surface area contributed by atoms with Gasteiger partial charge in [-0.25, -0.2) is 0 Å². The number of benzene rings is 1. The van der Waals surface area contributed by atoms with Crippen molar-refractivity contribution in [2.45, 2.75) is 25.8 Å². The van der Waals surface area contributed by atoms with E-state index in [1.807, 2.05) is 4.90 Å². The molecule has 0 aromatic heterocycles. The molecule has 2 unspecified atom stereocenters. The van der Waals surface area contributed by atoms with Crippen molar-refractivity contribution in [1.29, 1.82) is 0 Å². The van der Waals surface area contributed by atoms with E-state index in [0.717, 1.165) is 19.4 Å². The molecule has 1 aromatic rings. The number of carbonyl (C=O) groups excluding carboxylic acids is 1. The molecule has 0 radical (unpaired) electrons. The second kappa shape index (κ2) is 5.92. The predicted octanol–water partition coefficient (Wildman–Crippen LogP) is 2.35. The summed E-state index contributed by atoms with van der Waals surface area (Å²) in [5.74, 6) is 0.455. The number of aromatic hydroxyl groups is 1. The summed E-state index contributed by atoms with van der Waals surface area (Å²) in [7, 11) is 0. The fourth-order valence-electron chi connectivity index (χ4n) is 2.67. The Morgan fingerprint density at radius 3 is 2.95 bits per heavy atom. The van der Waals surface area contributed by atoms with E-state index in [9.17, 15) is 9.90 Å². The fourth-order valence-corrected chi connectivity index (χ4v) is 2.92. The van der Waals surface area contributed by atoms with Crippen LogP contribution in [0.15, 0.2) is 22.7 Å². The highest BCUT2D eigenvalue weighted by Gasteiger charge is 2.31. The molecule has 0 spiro atoms. The highest BCUT2D eigenvalue weighted by Crippen LogP contribution is 2.28. The van der Waals surface area contributed by atoms with Crippen LogP contribution in [0.1, 0.15) is 30.1 Å². The minimum absolute atomic E-state index is 0.0511. The molecule has 0 aliphatic carbocycles. The summed E-state index contributed by atoms with van der Waals surface area (Å²) in [5.41, 5.74) is 6.31. The van der Waals surface area contributed by atoms with Crippen LogP contribution < -0.4 is 5.73 Å². The standard InChI is InChI=1S/C14H19BrN2O2/c1-9-3-2-6-17(12(9)8-16)14(19)10-4-5-11(15)13(18)7-10/h4-5,7,9,12,18H,2-3,6,8,16H2,1H3. The number of nitrogens with two attached hydrogens (primary N) is 1. The Bertz CT molecular complexity index is 479. The molecular weight excluding hydrogens is 308 g/mol. The van der Waals surface area contributed by atoms with Crippen molar-refractivity contribution in [2.24, 2.45) is 11.7 Å². The van der Waals surface area contributed by atoms with Crippen molar-refractivity contribution < 1.29 is 9.90 Å². The van der Waals surface area contributed by atoms with Crippen LogP contribution in [0.5, 0.6) is 5.75 Å². The van der Waals surface area contributed by atoms with E-state index >= 15 is 0 Å². The molecule has 1 fully saturated rings. The van der Waals surface area contributed by atoms with Gasteiger partial charge in [-0.1, -0.05) is 6.92 Å². The molecule has 0 bridgehead atoms. The van der Waals surface area contributed by atoms with Gasteiger partial charge in [0.1, 0.15) is 5.75 Å². The molecule has 2 rings (SSSR count). The zero-order valence-electron chi connectivity index (χ0n) is 11.0. The molecule has 1 aliphatic heterocycles. The highest BCUT2D eigenvalue weighted by molar-refractivity contribution is 9.10. The van der Waals surface area contributed by atoms with Crippen LogP contribution in [0.25, 0.3) is 0 Å². The third-order valence-corrected chi connectivity index (χ3v) is 4.48. The maximum absolute atomic E-state index is 12.5. The smallest absolute Gasteiger partial charge is 0.254 e. The van der Waals surface area contributed by atoms with Gasteiger partial charge in [0.2, 0.25) is 0 Å². The molecule has 1 aromatic carbocycles. The maximum Gasteiger partial charge on any atom is 0.254 e. The predicted molar refractivity (Wildman–Crippen MR) is 78.1 cm³/mol. The van der Waals surface area contributed by atoms with Crippen molar-refractivity contribution in [3.05, 3.63) is 28.2 Å². The van der Waals surface area contributed by atoms with Gasteiger partial charge in [-0.05, 0) is 52.9 Å². The monoisotopic (exact) mass is 326 g/mol. The third-order valence-electron chi connectivity index (χ3n) is 3.81. The van der Waals surface area contributed by atoms with Crippen LogP contribution >= 0.6 is 15.9 Å². The second-order valence-corrected chi connectivity index (χ2v) is 5.94. The number of likely N-dealkylation sites (tertiary alicyclic amines) is 1. The lowest BCUT2D eigenvalue weighted by Crippen LogP contribution is -2.51. The highest BCUT2D eigenvalue weighted by atomic mass is 79.9. The minimum Gasteiger partial charge on any atom is -0.507 e. The molecule has 4 nitrogen and oxygen atoms in total. The molecule has 1 saturated heterocycles. The molecule has 19 heavy (non-hydrogen) atoms. The molecule has 1 amide bonds. The van der Waals surface area contributed by atoms with E-state index in [1.165, 1.54) is 6.07 Å². The topological polar surface area (TPSA) is 66.6 Å². The summed E-state index contributed by atoms with van der Waals surface area (Å²) in [4.78, 5) is 14.4. The first-order chi connectivity index (χ1) is 9.04. The Labute approximate surface area is 121 Å². The SMILES string of the molecule is CC1CCCN(C(=O)c2ccc(Br)c(O)c2)C1CN. The number of rotatable bonds is 2. The van der Waals surface area contributed by atoms with Gasteiger partial charge in [0.15, 0.2) is 0 Å². The minimum atomic E-state index is -0.0511. The van der Waals surface area contributed by atoms with Gasteiger partial charge in [0.05, 0.1) is 4.47 Å². The Balaban J connectivity index is 2.24. The van der Waals surface area contributed by atoms with E-state index < -0.39 is 0 Å². The molecule has 1 aliphatic rings. The van der Waals surface area contributed by atoms with Crippen molar-refractivity contribution in [2.75, 3.05) is 13.1 Å². The first kappa shape index (κ1) is 14.3. The number of halogens is 1. The number of nitrogens with zero attached hydrogens (tertiary/aromatic N) is 1. The molecule has 2 atom stereocenters. The summed E-state index contributed by atoms with van der Waals surface area (Å²) in [6.07, 6.45) is 2.11. The van der Waals surface area contributed by atoms with Crippen LogP contribution in [0.2, 0.25) is 0 Å². The van der Waals surface area contributed by atoms with Gasteiger partial charge in [0, 0.05) is 24.7 Å². The number of phenolic OH excluding ortho intramolecular Hbond substituents is 1. The van der Waals surface area contributed by atoms with Gasteiger partial charge in [0.25, 0.3) is 5.91 Å². The Kier molecular flexibility index (Phi) is 4.47. The van der Waals surface area contributed by atoms with Crippen LogP contribution in [-0.4, -0.2) is 35.0 Å². The van der Waals surface area contributed by atoms with Crippen molar-refractivity contribution in [3.8, 4) is 5.75 Å². The van der Waals surface area contributed by atoms with E-state index in [4.69, 9.17) is 5.73 Å². The maximum atomic E-state index is 12.5.